The first-order valence-corrected chi connectivity index (χ1v) is 7.21. The van der Waals surface area contributed by atoms with Gasteiger partial charge in [-0.25, -0.2) is 4.39 Å². The van der Waals surface area contributed by atoms with Crippen molar-refractivity contribution in [1.29, 1.82) is 0 Å². The maximum atomic E-state index is 14.3. The van der Waals surface area contributed by atoms with E-state index in [4.69, 9.17) is 9.15 Å². The number of furan rings is 1. The second kappa shape index (κ2) is 7.02. The molecule has 0 radical (unpaired) electrons. The fraction of sp³-hybridized carbons (Fsp3) is 0.333. The van der Waals surface area contributed by atoms with Gasteiger partial charge in [-0.2, -0.15) is 0 Å². The average Bonchev–Trinajstić information content (AvgIpc) is 2.88. The molecule has 2 aromatic rings. The predicted octanol–water partition coefficient (Wildman–Crippen LogP) is 4.03. The minimum atomic E-state index is -0.317. The highest BCUT2D eigenvalue weighted by Crippen LogP contribution is 2.29. The van der Waals surface area contributed by atoms with Gasteiger partial charge in [-0.3, -0.25) is 0 Å². The van der Waals surface area contributed by atoms with E-state index in [-0.39, 0.29) is 11.9 Å². The molecule has 1 aromatic heterocycles. The fourth-order valence-electron chi connectivity index (χ4n) is 2.08. The molecule has 2 rings (SSSR count). The lowest BCUT2D eigenvalue weighted by molar-refractivity contribution is 0.162. The lowest BCUT2D eigenvalue weighted by atomic mass is 10.0. The lowest BCUT2D eigenvalue weighted by Gasteiger charge is -2.17. The van der Waals surface area contributed by atoms with Crippen LogP contribution in [0.1, 0.15) is 30.0 Å². The lowest BCUT2D eigenvalue weighted by Crippen LogP contribution is -2.22. The Bertz CT molecular complexity index is 571. The first-order chi connectivity index (χ1) is 9.67. The van der Waals surface area contributed by atoms with E-state index in [1.807, 2.05) is 25.1 Å². The van der Waals surface area contributed by atoms with Crippen molar-refractivity contribution in [2.75, 3.05) is 13.7 Å². The smallest absolute Gasteiger partial charge is 0.142 e. The zero-order valence-corrected chi connectivity index (χ0v) is 13.0. The fourth-order valence-corrected chi connectivity index (χ4v) is 2.46. The van der Waals surface area contributed by atoms with E-state index in [0.29, 0.717) is 28.9 Å². The number of ether oxygens (including phenoxy) is 1. The largest absolute Gasteiger partial charge is 0.462 e. The van der Waals surface area contributed by atoms with E-state index in [1.165, 1.54) is 0 Å². The molecule has 0 aliphatic heterocycles. The summed E-state index contributed by atoms with van der Waals surface area (Å²) in [6, 6.07) is 8.63. The number of benzene rings is 1. The number of hydrogen-bond donors (Lipinski definition) is 1. The van der Waals surface area contributed by atoms with Gasteiger partial charge in [-0.15, -0.1) is 0 Å². The Morgan fingerprint density at radius 1 is 1.35 bits per heavy atom. The molecule has 0 fully saturated rings. The van der Waals surface area contributed by atoms with Crippen molar-refractivity contribution in [2.24, 2.45) is 0 Å². The van der Waals surface area contributed by atoms with Crippen molar-refractivity contribution in [3.8, 4) is 0 Å². The van der Waals surface area contributed by atoms with E-state index >= 15 is 0 Å². The third-order valence-corrected chi connectivity index (χ3v) is 3.57. The van der Waals surface area contributed by atoms with Gasteiger partial charge >= 0.3 is 0 Å². The molecule has 20 heavy (non-hydrogen) atoms. The predicted molar refractivity (Wildman–Crippen MR) is 79.0 cm³/mol. The number of hydrogen-bond acceptors (Lipinski definition) is 3. The molecule has 0 amide bonds. The molecule has 0 bridgehead atoms. The van der Waals surface area contributed by atoms with E-state index < -0.39 is 0 Å². The topological polar surface area (TPSA) is 34.4 Å². The number of halogens is 2. The van der Waals surface area contributed by atoms with Crippen LogP contribution in [0.2, 0.25) is 0 Å². The molecule has 5 heteroatoms. The van der Waals surface area contributed by atoms with Crippen molar-refractivity contribution >= 4 is 15.9 Å². The van der Waals surface area contributed by atoms with E-state index in [1.54, 1.807) is 19.2 Å². The van der Waals surface area contributed by atoms with Gasteiger partial charge in [0.25, 0.3) is 0 Å². The highest BCUT2D eigenvalue weighted by Gasteiger charge is 2.21. The molecular formula is C15H17BrFNO2. The van der Waals surface area contributed by atoms with Gasteiger partial charge in [0, 0.05) is 12.7 Å². The summed E-state index contributed by atoms with van der Waals surface area (Å²) in [6.07, 6.45) is 0. The monoisotopic (exact) mass is 341 g/mol. The average molecular weight is 342 g/mol. The Hall–Kier alpha value is -1.17. The molecule has 1 N–H and O–H groups in total. The Kier molecular flexibility index (Phi) is 5.34. The Balaban J connectivity index is 2.36. The van der Waals surface area contributed by atoms with Crippen LogP contribution in [0.15, 0.2) is 39.2 Å². The van der Waals surface area contributed by atoms with Crippen LogP contribution in [0.25, 0.3) is 0 Å². The minimum absolute atomic E-state index is 0.275. The SMILES string of the molecule is CCNC(c1ccc(COC)o1)c1cccc(Br)c1F. The first-order valence-electron chi connectivity index (χ1n) is 6.42. The zero-order chi connectivity index (χ0) is 14.5. The summed E-state index contributed by atoms with van der Waals surface area (Å²) >= 11 is 3.21. The standard InChI is InChI=1S/C15H17BrFNO2/c1-3-18-15(11-5-4-6-12(16)14(11)17)13-8-7-10(20-13)9-19-2/h4-8,15,18H,3,9H2,1-2H3. The van der Waals surface area contributed by atoms with Gasteiger partial charge in [0.2, 0.25) is 0 Å². The molecule has 1 unspecified atom stereocenters. The van der Waals surface area contributed by atoms with Crippen LogP contribution < -0.4 is 5.32 Å². The molecule has 0 aliphatic carbocycles. The van der Waals surface area contributed by atoms with Crippen molar-refractivity contribution in [2.45, 2.75) is 19.6 Å². The maximum absolute atomic E-state index is 14.3. The van der Waals surface area contributed by atoms with Gasteiger partial charge in [-0.05, 0) is 40.7 Å². The van der Waals surface area contributed by atoms with Gasteiger partial charge in [-0.1, -0.05) is 19.1 Å². The summed E-state index contributed by atoms with van der Waals surface area (Å²) in [7, 11) is 1.61. The van der Waals surface area contributed by atoms with Gasteiger partial charge in [0.1, 0.15) is 23.9 Å². The molecule has 108 valence electrons. The van der Waals surface area contributed by atoms with E-state index in [9.17, 15) is 4.39 Å². The van der Waals surface area contributed by atoms with Crippen molar-refractivity contribution < 1.29 is 13.5 Å². The molecule has 0 aliphatic rings. The van der Waals surface area contributed by atoms with Crippen LogP contribution in [-0.2, 0) is 11.3 Å². The summed E-state index contributed by atoms with van der Waals surface area (Å²) in [5.41, 5.74) is 0.555. The van der Waals surface area contributed by atoms with E-state index in [2.05, 4.69) is 21.2 Å². The molecule has 1 aromatic carbocycles. The van der Waals surface area contributed by atoms with Crippen molar-refractivity contribution in [1.82, 2.24) is 5.32 Å². The minimum Gasteiger partial charge on any atom is -0.462 e. The quantitative estimate of drug-likeness (QED) is 0.861. The third-order valence-electron chi connectivity index (χ3n) is 2.95. The normalized spacial score (nSPS) is 12.6. The van der Waals surface area contributed by atoms with Gasteiger partial charge in [0.15, 0.2) is 0 Å². The number of methoxy groups -OCH3 is 1. The molecule has 3 nitrogen and oxygen atoms in total. The Morgan fingerprint density at radius 3 is 2.85 bits per heavy atom. The highest BCUT2D eigenvalue weighted by molar-refractivity contribution is 9.10. The van der Waals surface area contributed by atoms with Crippen LogP contribution in [0.5, 0.6) is 0 Å². The van der Waals surface area contributed by atoms with Crippen molar-refractivity contribution in [3.05, 3.63) is 57.7 Å². The summed E-state index contributed by atoms with van der Waals surface area (Å²) in [5.74, 6) is 1.12. The van der Waals surface area contributed by atoms with Crippen LogP contribution in [-0.4, -0.2) is 13.7 Å². The summed E-state index contributed by atoms with van der Waals surface area (Å²) < 4.78 is 25.5. The first kappa shape index (κ1) is 15.2. The summed E-state index contributed by atoms with van der Waals surface area (Å²) in [4.78, 5) is 0. The molecule has 1 heterocycles. The summed E-state index contributed by atoms with van der Waals surface area (Å²) in [6.45, 7) is 3.08. The van der Waals surface area contributed by atoms with Crippen LogP contribution in [0.3, 0.4) is 0 Å². The second-order valence-corrected chi connectivity index (χ2v) is 5.23. The van der Waals surface area contributed by atoms with Crippen molar-refractivity contribution in [3.63, 3.8) is 0 Å². The molecule has 0 saturated heterocycles. The molecule has 0 spiro atoms. The third kappa shape index (κ3) is 3.29. The Morgan fingerprint density at radius 2 is 2.15 bits per heavy atom. The number of rotatable bonds is 6. The highest BCUT2D eigenvalue weighted by atomic mass is 79.9. The molecule has 1 atom stereocenters. The van der Waals surface area contributed by atoms with Crippen LogP contribution >= 0.6 is 15.9 Å². The second-order valence-electron chi connectivity index (χ2n) is 4.37. The van der Waals surface area contributed by atoms with E-state index in [0.717, 1.165) is 5.76 Å². The van der Waals surface area contributed by atoms with Gasteiger partial charge in [0.05, 0.1) is 10.5 Å². The Labute approximate surface area is 126 Å². The van der Waals surface area contributed by atoms with Crippen LogP contribution in [0, 0.1) is 5.82 Å². The zero-order valence-electron chi connectivity index (χ0n) is 11.5. The molecule has 0 saturated carbocycles. The maximum Gasteiger partial charge on any atom is 0.142 e. The van der Waals surface area contributed by atoms with Gasteiger partial charge < -0.3 is 14.5 Å². The number of nitrogens with one attached hydrogen (secondary N) is 1. The molecular weight excluding hydrogens is 325 g/mol. The van der Waals surface area contributed by atoms with Crippen LogP contribution in [0.4, 0.5) is 4.39 Å². The summed E-state index contributed by atoms with van der Waals surface area (Å²) in [5, 5.41) is 3.24.